The summed E-state index contributed by atoms with van der Waals surface area (Å²) in [5, 5.41) is 2.74. The number of carbonyl (C=O) groups excluding carboxylic acids is 1. The number of anilines is 1. The number of benzene rings is 2. The van der Waals surface area contributed by atoms with Gasteiger partial charge in [-0.25, -0.2) is 0 Å². The van der Waals surface area contributed by atoms with Crippen molar-refractivity contribution in [2.75, 3.05) is 25.6 Å². The van der Waals surface area contributed by atoms with E-state index in [1.807, 2.05) is 17.6 Å². The first kappa shape index (κ1) is 22.0. The predicted octanol–water partition coefficient (Wildman–Crippen LogP) is 3.00. The number of rotatable bonds is 8. The number of thiazole rings is 1. The van der Waals surface area contributed by atoms with E-state index in [4.69, 9.17) is 9.47 Å². The van der Waals surface area contributed by atoms with Crippen LogP contribution in [0.3, 0.4) is 0 Å². The lowest BCUT2D eigenvalue weighted by molar-refractivity contribution is -0.114. The summed E-state index contributed by atoms with van der Waals surface area (Å²) in [6.45, 7) is 4.76. The van der Waals surface area contributed by atoms with Gasteiger partial charge >= 0.3 is 0 Å². The van der Waals surface area contributed by atoms with Gasteiger partial charge in [-0.2, -0.15) is 8.42 Å². The minimum Gasteiger partial charge on any atom is -0.497 e. The van der Waals surface area contributed by atoms with Gasteiger partial charge in [0.1, 0.15) is 5.75 Å². The van der Waals surface area contributed by atoms with Gasteiger partial charge in [-0.05, 0) is 49.4 Å². The van der Waals surface area contributed by atoms with E-state index in [2.05, 4.69) is 9.71 Å². The van der Waals surface area contributed by atoms with Crippen LogP contribution in [0, 0.1) is 0 Å². The molecule has 0 aliphatic carbocycles. The van der Waals surface area contributed by atoms with Gasteiger partial charge in [0.05, 0.1) is 28.8 Å². The number of sulfonamides is 1. The third-order valence-electron chi connectivity index (χ3n) is 4.22. The molecule has 0 aliphatic heterocycles. The van der Waals surface area contributed by atoms with Gasteiger partial charge in [0.2, 0.25) is 10.7 Å². The molecule has 0 atom stereocenters. The zero-order valence-corrected chi connectivity index (χ0v) is 18.5. The maximum absolute atomic E-state index is 12.9. The van der Waals surface area contributed by atoms with Gasteiger partial charge in [0.15, 0.2) is 0 Å². The number of fused-ring (bicyclic) bond motifs is 1. The third kappa shape index (κ3) is 5.07. The van der Waals surface area contributed by atoms with E-state index in [1.54, 1.807) is 24.3 Å². The first-order chi connectivity index (χ1) is 14.3. The third-order valence-corrected chi connectivity index (χ3v) is 6.66. The fourth-order valence-corrected chi connectivity index (χ4v) is 5.14. The Morgan fingerprint density at radius 3 is 2.57 bits per heavy atom. The van der Waals surface area contributed by atoms with Crippen LogP contribution in [-0.4, -0.2) is 39.2 Å². The average molecular weight is 450 g/mol. The predicted molar refractivity (Wildman–Crippen MR) is 116 cm³/mol. The minimum atomic E-state index is -3.92. The molecule has 3 rings (SSSR count). The molecule has 3 aromatic rings. The van der Waals surface area contributed by atoms with Crippen molar-refractivity contribution in [1.82, 2.24) is 4.57 Å². The van der Waals surface area contributed by atoms with Crippen molar-refractivity contribution in [3.63, 3.8) is 0 Å². The van der Waals surface area contributed by atoms with Crippen molar-refractivity contribution in [1.29, 1.82) is 0 Å². The van der Waals surface area contributed by atoms with Crippen LogP contribution in [-0.2, 0) is 26.1 Å². The fraction of sp³-hybridized carbons (Fsp3) is 0.300. The molecule has 0 saturated heterocycles. The Bertz CT molecular complexity index is 1210. The maximum atomic E-state index is 12.9. The summed E-state index contributed by atoms with van der Waals surface area (Å²) in [4.78, 5) is 11.8. The van der Waals surface area contributed by atoms with Gasteiger partial charge in [0.25, 0.3) is 10.0 Å². The molecule has 160 valence electrons. The average Bonchev–Trinajstić information content (AvgIpc) is 3.03. The zero-order chi connectivity index (χ0) is 21.7. The van der Waals surface area contributed by atoms with Crippen molar-refractivity contribution in [3.8, 4) is 5.75 Å². The molecule has 0 aliphatic rings. The number of nitrogens with zero attached hydrogens (tertiary/aromatic N) is 2. The first-order valence-electron chi connectivity index (χ1n) is 9.28. The monoisotopic (exact) mass is 449 g/mol. The van der Waals surface area contributed by atoms with Crippen LogP contribution in [0.15, 0.2) is 51.8 Å². The van der Waals surface area contributed by atoms with E-state index >= 15 is 0 Å². The second-order valence-electron chi connectivity index (χ2n) is 6.34. The van der Waals surface area contributed by atoms with Crippen molar-refractivity contribution >= 4 is 43.2 Å². The Hall–Kier alpha value is -2.69. The number of hydrogen-bond acceptors (Lipinski definition) is 6. The fourth-order valence-electron chi connectivity index (χ4n) is 2.84. The normalized spacial score (nSPS) is 12.3. The summed E-state index contributed by atoms with van der Waals surface area (Å²) < 4.78 is 43.0. The molecular formula is C20H23N3O5S2. The number of methoxy groups -OCH3 is 1. The van der Waals surface area contributed by atoms with E-state index in [-0.39, 0.29) is 10.8 Å². The number of ether oxygens (including phenoxy) is 2. The Morgan fingerprint density at radius 1 is 1.20 bits per heavy atom. The number of nitrogens with one attached hydrogen (secondary N) is 1. The summed E-state index contributed by atoms with van der Waals surface area (Å²) in [5.74, 6) is 0.384. The first-order valence-corrected chi connectivity index (χ1v) is 11.5. The summed E-state index contributed by atoms with van der Waals surface area (Å²) in [7, 11) is -2.40. The van der Waals surface area contributed by atoms with Crippen LogP contribution >= 0.6 is 11.3 Å². The van der Waals surface area contributed by atoms with Crippen molar-refractivity contribution in [2.45, 2.75) is 25.3 Å². The molecule has 1 amide bonds. The lowest BCUT2D eigenvalue weighted by Crippen LogP contribution is -2.20. The summed E-state index contributed by atoms with van der Waals surface area (Å²) in [6.07, 6.45) is 0. The molecule has 1 N–H and O–H groups in total. The van der Waals surface area contributed by atoms with Crippen molar-refractivity contribution in [2.24, 2.45) is 4.40 Å². The lowest BCUT2D eigenvalue weighted by atomic mass is 10.3. The Kier molecular flexibility index (Phi) is 6.91. The molecule has 0 radical (unpaired) electrons. The zero-order valence-electron chi connectivity index (χ0n) is 16.9. The summed E-state index contributed by atoms with van der Waals surface area (Å²) in [6, 6.07) is 11.5. The lowest BCUT2D eigenvalue weighted by Gasteiger charge is -2.07. The number of carbonyl (C=O) groups is 1. The maximum Gasteiger partial charge on any atom is 0.285 e. The second kappa shape index (κ2) is 9.41. The van der Waals surface area contributed by atoms with Gasteiger partial charge in [0, 0.05) is 25.8 Å². The number of aromatic nitrogens is 1. The highest BCUT2D eigenvalue weighted by Crippen LogP contribution is 2.23. The molecule has 1 heterocycles. The molecule has 10 heteroatoms. The highest BCUT2D eigenvalue weighted by molar-refractivity contribution is 7.90. The Morgan fingerprint density at radius 2 is 1.93 bits per heavy atom. The van der Waals surface area contributed by atoms with Gasteiger partial charge < -0.3 is 19.4 Å². The van der Waals surface area contributed by atoms with Crippen LogP contribution in [0.1, 0.15) is 13.8 Å². The molecule has 0 spiro atoms. The van der Waals surface area contributed by atoms with E-state index in [0.717, 1.165) is 10.2 Å². The highest BCUT2D eigenvalue weighted by Gasteiger charge is 2.15. The van der Waals surface area contributed by atoms with Crippen LogP contribution in [0.25, 0.3) is 10.2 Å². The second-order valence-corrected chi connectivity index (χ2v) is 8.95. The number of hydrogen-bond donors (Lipinski definition) is 1. The van der Waals surface area contributed by atoms with Crippen LogP contribution in [0.5, 0.6) is 5.75 Å². The van der Waals surface area contributed by atoms with Crippen LogP contribution < -0.4 is 14.9 Å². The molecule has 0 fully saturated rings. The van der Waals surface area contributed by atoms with Crippen molar-refractivity contribution < 1.29 is 22.7 Å². The summed E-state index contributed by atoms with van der Waals surface area (Å²) in [5.41, 5.74) is 1.45. The van der Waals surface area contributed by atoms with Gasteiger partial charge in [-0.3, -0.25) is 4.79 Å². The minimum absolute atomic E-state index is 0.0797. The van der Waals surface area contributed by atoms with Crippen LogP contribution in [0.4, 0.5) is 5.69 Å². The van der Waals surface area contributed by atoms with E-state index in [9.17, 15) is 13.2 Å². The molecule has 2 aromatic carbocycles. The van der Waals surface area contributed by atoms with Gasteiger partial charge in [-0.1, -0.05) is 11.3 Å². The molecule has 0 bridgehead atoms. The topological polar surface area (TPSA) is 99.0 Å². The molecule has 0 unspecified atom stereocenters. The van der Waals surface area contributed by atoms with Crippen LogP contribution in [0.2, 0.25) is 0 Å². The molecular weight excluding hydrogens is 426 g/mol. The molecule has 1 aromatic heterocycles. The van der Waals surface area contributed by atoms with E-state index in [0.29, 0.717) is 36.0 Å². The number of amides is 1. The van der Waals surface area contributed by atoms with E-state index < -0.39 is 10.0 Å². The molecule has 30 heavy (non-hydrogen) atoms. The SMILES string of the molecule is CCOCCn1c(=NS(=O)(=O)c2ccc(OC)cc2)sc2cc(NC(C)=O)ccc21. The van der Waals surface area contributed by atoms with E-state index in [1.165, 1.54) is 37.5 Å². The molecule has 8 nitrogen and oxygen atoms in total. The standard InChI is InChI=1S/C20H23N3O5S2/c1-4-28-12-11-23-18-10-5-15(21-14(2)24)13-19(18)29-20(23)22-30(25,26)17-8-6-16(27-3)7-9-17/h5-10,13H,4,11-12H2,1-3H3,(H,21,24). The largest absolute Gasteiger partial charge is 0.497 e. The highest BCUT2D eigenvalue weighted by atomic mass is 32.2. The van der Waals surface area contributed by atoms with Crippen molar-refractivity contribution in [3.05, 3.63) is 47.3 Å². The molecule has 0 saturated carbocycles. The Balaban J connectivity index is 2.10. The Labute approximate surface area is 178 Å². The van der Waals surface area contributed by atoms with Gasteiger partial charge in [-0.15, -0.1) is 4.40 Å². The smallest absolute Gasteiger partial charge is 0.285 e. The summed E-state index contributed by atoms with van der Waals surface area (Å²) >= 11 is 1.24. The quantitative estimate of drug-likeness (QED) is 0.533.